The van der Waals surface area contributed by atoms with Crippen LogP contribution in [-0.4, -0.2) is 38.5 Å². The van der Waals surface area contributed by atoms with Gasteiger partial charge in [-0.3, -0.25) is 9.59 Å². The first-order valence-electron chi connectivity index (χ1n) is 8.95. The van der Waals surface area contributed by atoms with Crippen LogP contribution in [0.3, 0.4) is 0 Å². The lowest BCUT2D eigenvalue weighted by molar-refractivity contribution is -0.111. The number of hydrogen-bond donors (Lipinski definition) is 1. The first kappa shape index (κ1) is 23.6. The minimum Gasteiger partial charge on any atom is -0.493 e. The first-order valence-corrected chi connectivity index (χ1v) is 10.6. The summed E-state index contributed by atoms with van der Waals surface area (Å²) in [4.78, 5) is 37.1. The summed E-state index contributed by atoms with van der Waals surface area (Å²) in [7, 11) is 3.05. The summed E-state index contributed by atoms with van der Waals surface area (Å²) in [5.74, 6) is -0.167. The van der Waals surface area contributed by atoms with Gasteiger partial charge in [0, 0.05) is 6.08 Å². The average Bonchev–Trinajstić information content (AvgIpc) is 3.02. The van der Waals surface area contributed by atoms with E-state index in [9.17, 15) is 14.4 Å². The molecule has 0 unspecified atom stereocenters. The molecular formula is C21H22BrNO6S. The van der Waals surface area contributed by atoms with Crippen molar-refractivity contribution in [3.8, 4) is 11.5 Å². The lowest BCUT2D eigenvalue weighted by atomic mass is 10.1. The molecule has 2 aromatic rings. The van der Waals surface area contributed by atoms with Crippen LogP contribution in [0.2, 0.25) is 0 Å². The number of methoxy groups -OCH3 is 2. The van der Waals surface area contributed by atoms with Crippen molar-refractivity contribution in [1.29, 1.82) is 0 Å². The minimum atomic E-state index is -0.582. The second-order valence-corrected chi connectivity index (χ2v) is 7.97. The van der Waals surface area contributed by atoms with E-state index < -0.39 is 11.9 Å². The first-order chi connectivity index (χ1) is 14.2. The Morgan fingerprint density at radius 1 is 1.20 bits per heavy atom. The number of ketones is 1. The summed E-state index contributed by atoms with van der Waals surface area (Å²) in [5.41, 5.74) is 1.39. The van der Waals surface area contributed by atoms with E-state index in [0.717, 1.165) is 11.3 Å². The third kappa shape index (κ3) is 5.28. The molecule has 1 aromatic heterocycles. The van der Waals surface area contributed by atoms with Crippen LogP contribution >= 0.6 is 27.3 Å². The highest BCUT2D eigenvalue weighted by molar-refractivity contribution is 9.10. The van der Waals surface area contributed by atoms with Crippen LogP contribution in [0.1, 0.15) is 45.0 Å². The molecule has 0 spiro atoms. The van der Waals surface area contributed by atoms with Crippen LogP contribution in [0, 0.1) is 6.92 Å². The number of Topliss-reactive ketones (excluding diaryl/α,β-unsaturated/α-hetero) is 1. The van der Waals surface area contributed by atoms with E-state index in [-0.39, 0.29) is 23.0 Å². The van der Waals surface area contributed by atoms with E-state index in [1.165, 1.54) is 27.2 Å². The Labute approximate surface area is 187 Å². The van der Waals surface area contributed by atoms with E-state index in [2.05, 4.69) is 21.2 Å². The highest BCUT2D eigenvalue weighted by Gasteiger charge is 2.24. The maximum atomic E-state index is 12.5. The second kappa shape index (κ2) is 10.4. The van der Waals surface area contributed by atoms with Gasteiger partial charge in [-0.2, -0.15) is 0 Å². The van der Waals surface area contributed by atoms with Gasteiger partial charge in [0.2, 0.25) is 5.91 Å². The zero-order valence-electron chi connectivity index (χ0n) is 17.3. The number of rotatable bonds is 8. The van der Waals surface area contributed by atoms with Crippen LogP contribution in [0.25, 0.3) is 6.08 Å². The predicted octanol–water partition coefficient (Wildman–Crippen LogP) is 4.87. The fraction of sp³-hybridized carbons (Fsp3) is 0.286. The summed E-state index contributed by atoms with van der Waals surface area (Å²) >= 11 is 4.45. The molecule has 1 amide bonds. The zero-order chi connectivity index (χ0) is 22.4. The average molecular weight is 496 g/mol. The number of amides is 1. The Morgan fingerprint density at radius 2 is 1.90 bits per heavy atom. The van der Waals surface area contributed by atoms with E-state index in [4.69, 9.17) is 14.2 Å². The number of hydrogen-bond acceptors (Lipinski definition) is 7. The fourth-order valence-electron chi connectivity index (χ4n) is 2.75. The van der Waals surface area contributed by atoms with Crippen LogP contribution in [0.4, 0.5) is 5.00 Å². The van der Waals surface area contributed by atoms with Crippen molar-refractivity contribution in [2.24, 2.45) is 0 Å². The van der Waals surface area contributed by atoms with Gasteiger partial charge in [-0.05, 0) is 66.0 Å². The van der Waals surface area contributed by atoms with Gasteiger partial charge in [0.1, 0.15) is 5.00 Å². The largest absolute Gasteiger partial charge is 0.493 e. The molecule has 0 atom stereocenters. The van der Waals surface area contributed by atoms with Crippen molar-refractivity contribution in [2.45, 2.75) is 20.8 Å². The SMILES string of the molecule is CCOC(=O)c1c(NC(=O)C=Cc2cc(Br)c(OC)c(OC)c2)sc(C(C)=O)c1C. The van der Waals surface area contributed by atoms with Crippen LogP contribution in [-0.2, 0) is 9.53 Å². The summed E-state index contributed by atoms with van der Waals surface area (Å²) in [6.07, 6.45) is 2.92. The number of carbonyl (C=O) groups is 3. The minimum absolute atomic E-state index is 0.186. The van der Waals surface area contributed by atoms with Gasteiger partial charge < -0.3 is 19.5 Å². The van der Waals surface area contributed by atoms with Crippen molar-refractivity contribution in [1.82, 2.24) is 0 Å². The Kier molecular flexibility index (Phi) is 8.19. The highest BCUT2D eigenvalue weighted by atomic mass is 79.9. The molecule has 0 saturated carbocycles. The summed E-state index contributed by atoms with van der Waals surface area (Å²) in [6.45, 7) is 4.94. The molecular weight excluding hydrogens is 474 g/mol. The molecule has 7 nitrogen and oxygen atoms in total. The fourth-order valence-corrected chi connectivity index (χ4v) is 4.46. The van der Waals surface area contributed by atoms with Crippen LogP contribution in [0.15, 0.2) is 22.7 Å². The maximum absolute atomic E-state index is 12.5. The van der Waals surface area contributed by atoms with Gasteiger partial charge in [-0.15, -0.1) is 11.3 Å². The van der Waals surface area contributed by atoms with Crippen LogP contribution < -0.4 is 14.8 Å². The summed E-state index contributed by atoms with van der Waals surface area (Å²) < 4.78 is 16.3. The lowest BCUT2D eigenvalue weighted by Gasteiger charge is -2.10. The molecule has 0 fully saturated rings. The number of esters is 1. The number of ether oxygens (including phenoxy) is 3. The smallest absolute Gasteiger partial charge is 0.341 e. The molecule has 0 radical (unpaired) electrons. The predicted molar refractivity (Wildman–Crippen MR) is 120 cm³/mol. The zero-order valence-corrected chi connectivity index (χ0v) is 19.7. The van der Waals surface area contributed by atoms with Gasteiger partial charge >= 0.3 is 5.97 Å². The standard InChI is InChI=1S/C21H22BrNO6S/c1-6-29-21(26)17-11(2)19(12(3)24)30-20(17)23-16(25)8-7-13-9-14(22)18(28-5)15(10-13)27-4/h7-10H,6H2,1-5H3,(H,23,25). The van der Waals surface area contributed by atoms with Gasteiger partial charge in [0.15, 0.2) is 17.3 Å². The maximum Gasteiger partial charge on any atom is 0.341 e. The van der Waals surface area contributed by atoms with Crippen molar-refractivity contribution < 1.29 is 28.6 Å². The molecule has 160 valence electrons. The summed E-state index contributed by atoms with van der Waals surface area (Å²) in [5, 5.41) is 2.95. The molecule has 0 aliphatic carbocycles. The van der Waals surface area contributed by atoms with Crippen molar-refractivity contribution in [3.05, 3.63) is 44.2 Å². The number of benzene rings is 1. The Balaban J connectivity index is 2.30. The number of halogens is 1. The third-order valence-electron chi connectivity index (χ3n) is 4.07. The van der Waals surface area contributed by atoms with Crippen molar-refractivity contribution in [2.75, 3.05) is 26.1 Å². The number of anilines is 1. The van der Waals surface area contributed by atoms with E-state index >= 15 is 0 Å². The molecule has 2 rings (SSSR count). The van der Waals surface area contributed by atoms with Crippen molar-refractivity contribution >= 4 is 56.0 Å². The molecule has 1 N–H and O–H groups in total. The topological polar surface area (TPSA) is 90.9 Å². The van der Waals surface area contributed by atoms with Crippen molar-refractivity contribution in [3.63, 3.8) is 0 Å². The Bertz CT molecular complexity index is 1010. The van der Waals surface area contributed by atoms with Gasteiger partial charge in [0.05, 0.1) is 35.7 Å². The molecule has 30 heavy (non-hydrogen) atoms. The molecule has 0 saturated heterocycles. The van der Waals surface area contributed by atoms with Gasteiger partial charge in [-0.1, -0.05) is 0 Å². The molecule has 1 aromatic carbocycles. The Hall–Kier alpha value is -2.65. The monoisotopic (exact) mass is 495 g/mol. The van der Waals surface area contributed by atoms with E-state index in [0.29, 0.717) is 32.0 Å². The Morgan fingerprint density at radius 3 is 2.47 bits per heavy atom. The third-order valence-corrected chi connectivity index (χ3v) is 5.96. The van der Waals surface area contributed by atoms with Gasteiger partial charge in [0.25, 0.3) is 0 Å². The molecule has 9 heteroatoms. The lowest BCUT2D eigenvalue weighted by Crippen LogP contribution is -2.12. The van der Waals surface area contributed by atoms with Crippen LogP contribution in [0.5, 0.6) is 11.5 Å². The molecule has 0 aliphatic rings. The molecule has 0 bridgehead atoms. The second-order valence-electron chi connectivity index (χ2n) is 6.10. The van der Waals surface area contributed by atoms with E-state index in [1.54, 1.807) is 32.1 Å². The van der Waals surface area contributed by atoms with Gasteiger partial charge in [-0.25, -0.2) is 4.79 Å². The molecule has 1 heterocycles. The highest BCUT2D eigenvalue weighted by Crippen LogP contribution is 2.37. The number of carbonyl (C=O) groups excluding carboxylic acids is 3. The number of thiophene rings is 1. The quantitative estimate of drug-likeness (QED) is 0.319. The normalized spacial score (nSPS) is 10.7. The summed E-state index contributed by atoms with van der Waals surface area (Å²) in [6, 6.07) is 3.50. The molecule has 0 aliphatic heterocycles. The number of nitrogens with one attached hydrogen (secondary N) is 1. The van der Waals surface area contributed by atoms with E-state index in [1.807, 2.05) is 0 Å².